The molecule has 1 aliphatic carbocycles. The van der Waals surface area contributed by atoms with Crippen LogP contribution in [0.2, 0.25) is 0 Å². The van der Waals surface area contributed by atoms with Crippen molar-refractivity contribution in [3.8, 4) is 0 Å². The third-order valence-electron chi connectivity index (χ3n) is 3.79. The van der Waals surface area contributed by atoms with Crippen LogP contribution in [0.1, 0.15) is 40.6 Å². The summed E-state index contributed by atoms with van der Waals surface area (Å²) in [6, 6.07) is 4.74. The third kappa shape index (κ3) is 3.37. The van der Waals surface area contributed by atoms with E-state index in [4.69, 9.17) is 4.52 Å². The summed E-state index contributed by atoms with van der Waals surface area (Å²) in [5.74, 6) is 0.329. The highest BCUT2D eigenvalue weighted by Crippen LogP contribution is 2.40. The largest absolute Gasteiger partial charge is 0.416 e. The van der Waals surface area contributed by atoms with Gasteiger partial charge in [0.1, 0.15) is 5.76 Å². The number of carbonyl (C=O) groups is 1. The first-order valence-corrected chi connectivity index (χ1v) is 7.42. The predicted molar refractivity (Wildman–Crippen MR) is 82.2 cm³/mol. The SMILES string of the molecule is CN(C)c1ccc(C(F)(F)F)cc1NC(=O)c1cc(C2CC2)on1. The van der Waals surface area contributed by atoms with E-state index in [-0.39, 0.29) is 11.4 Å². The van der Waals surface area contributed by atoms with E-state index in [1.807, 2.05) is 0 Å². The zero-order chi connectivity index (χ0) is 17.5. The van der Waals surface area contributed by atoms with Crippen molar-refractivity contribution >= 4 is 17.3 Å². The first-order valence-electron chi connectivity index (χ1n) is 7.42. The number of aromatic nitrogens is 1. The molecular formula is C16H16F3N3O2. The molecule has 1 amide bonds. The number of amides is 1. The predicted octanol–water partition coefficient (Wildman–Crippen LogP) is 3.89. The summed E-state index contributed by atoms with van der Waals surface area (Å²) in [5, 5.41) is 6.19. The van der Waals surface area contributed by atoms with Gasteiger partial charge < -0.3 is 14.7 Å². The molecule has 1 aromatic carbocycles. The van der Waals surface area contributed by atoms with Crippen LogP contribution in [0.5, 0.6) is 0 Å². The molecule has 0 unspecified atom stereocenters. The molecule has 0 saturated heterocycles. The first kappa shape index (κ1) is 16.4. The van der Waals surface area contributed by atoms with E-state index in [2.05, 4.69) is 10.5 Å². The zero-order valence-corrected chi connectivity index (χ0v) is 13.1. The number of anilines is 2. The highest BCUT2D eigenvalue weighted by atomic mass is 19.4. The fraction of sp³-hybridized carbons (Fsp3) is 0.375. The lowest BCUT2D eigenvalue weighted by molar-refractivity contribution is -0.137. The van der Waals surface area contributed by atoms with Crippen LogP contribution in [0.15, 0.2) is 28.8 Å². The molecule has 3 rings (SSSR count). The number of hydrogen-bond donors (Lipinski definition) is 1. The molecular weight excluding hydrogens is 323 g/mol. The summed E-state index contributed by atoms with van der Waals surface area (Å²) in [4.78, 5) is 13.9. The average molecular weight is 339 g/mol. The topological polar surface area (TPSA) is 58.4 Å². The van der Waals surface area contributed by atoms with E-state index in [1.54, 1.807) is 19.0 Å². The molecule has 1 aliphatic rings. The van der Waals surface area contributed by atoms with Crippen LogP contribution in [0.4, 0.5) is 24.5 Å². The van der Waals surface area contributed by atoms with Gasteiger partial charge >= 0.3 is 6.18 Å². The Hall–Kier alpha value is -2.51. The lowest BCUT2D eigenvalue weighted by Crippen LogP contribution is -2.18. The standard InChI is InChI=1S/C16H16F3N3O2/c1-22(2)13-6-5-10(16(17,18)19)7-11(13)20-15(23)12-8-14(24-21-12)9-3-4-9/h5-9H,3-4H2,1-2H3,(H,20,23). The average Bonchev–Trinajstić information content (AvgIpc) is 3.23. The van der Waals surface area contributed by atoms with Crippen molar-refractivity contribution in [2.24, 2.45) is 0 Å². The maximum Gasteiger partial charge on any atom is 0.416 e. The molecule has 1 fully saturated rings. The van der Waals surface area contributed by atoms with Gasteiger partial charge in [-0.25, -0.2) is 0 Å². The molecule has 128 valence electrons. The van der Waals surface area contributed by atoms with Crippen LogP contribution in [0.3, 0.4) is 0 Å². The minimum atomic E-state index is -4.49. The lowest BCUT2D eigenvalue weighted by Gasteiger charge is -2.19. The number of nitrogens with zero attached hydrogens (tertiary/aromatic N) is 2. The Balaban J connectivity index is 1.87. The zero-order valence-electron chi connectivity index (χ0n) is 13.1. The van der Waals surface area contributed by atoms with E-state index < -0.39 is 17.6 Å². The van der Waals surface area contributed by atoms with Gasteiger partial charge in [-0.15, -0.1) is 0 Å². The van der Waals surface area contributed by atoms with Crippen molar-refractivity contribution in [1.82, 2.24) is 5.16 Å². The second kappa shape index (κ2) is 5.85. The van der Waals surface area contributed by atoms with Gasteiger partial charge in [0.2, 0.25) is 0 Å². The maximum absolute atomic E-state index is 12.9. The Morgan fingerprint density at radius 1 is 1.29 bits per heavy atom. The molecule has 0 aliphatic heterocycles. The van der Waals surface area contributed by atoms with Gasteiger partial charge in [0.15, 0.2) is 5.69 Å². The van der Waals surface area contributed by atoms with Crippen LogP contribution in [0, 0.1) is 0 Å². The van der Waals surface area contributed by atoms with Gasteiger partial charge in [-0.05, 0) is 31.0 Å². The highest BCUT2D eigenvalue weighted by Gasteiger charge is 2.32. The Kier molecular flexibility index (Phi) is 3.98. The van der Waals surface area contributed by atoms with E-state index in [0.29, 0.717) is 17.4 Å². The Bertz CT molecular complexity index is 764. The van der Waals surface area contributed by atoms with Crippen LogP contribution in [-0.2, 0) is 6.18 Å². The Morgan fingerprint density at radius 2 is 2.00 bits per heavy atom. The van der Waals surface area contributed by atoms with Gasteiger partial charge in [-0.2, -0.15) is 13.2 Å². The molecule has 0 radical (unpaired) electrons. The summed E-state index contributed by atoms with van der Waals surface area (Å²) in [7, 11) is 3.36. The third-order valence-corrected chi connectivity index (χ3v) is 3.79. The molecule has 1 heterocycles. The van der Waals surface area contributed by atoms with E-state index >= 15 is 0 Å². The van der Waals surface area contributed by atoms with E-state index in [0.717, 1.165) is 25.0 Å². The van der Waals surface area contributed by atoms with Crippen molar-refractivity contribution in [1.29, 1.82) is 0 Å². The van der Waals surface area contributed by atoms with Crippen LogP contribution >= 0.6 is 0 Å². The van der Waals surface area contributed by atoms with Gasteiger partial charge in [-0.1, -0.05) is 5.16 Å². The van der Waals surface area contributed by atoms with Gasteiger partial charge in [0.05, 0.1) is 16.9 Å². The summed E-state index contributed by atoms with van der Waals surface area (Å²) in [6.45, 7) is 0. The molecule has 0 spiro atoms. The Morgan fingerprint density at radius 3 is 2.58 bits per heavy atom. The molecule has 0 bridgehead atoms. The molecule has 1 saturated carbocycles. The minimum absolute atomic E-state index is 0.0546. The molecule has 24 heavy (non-hydrogen) atoms. The number of nitrogens with one attached hydrogen (secondary N) is 1. The van der Waals surface area contributed by atoms with Crippen molar-refractivity contribution in [3.63, 3.8) is 0 Å². The summed E-state index contributed by atoms with van der Waals surface area (Å²) < 4.78 is 43.8. The first-order chi connectivity index (χ1) is 11.3. The molecule has 2 aromatic rings. The number of benzene rings is 1. The lowest BCUT2D eigenvalue weighted by atomic mass is 10.1. The van der Waals surface area contributed by atoms with Crippen molar-refractivity contribution in [2.75, 3.05) is 24.3 Å². The van der Waals surface area contributed by atoms with Crippen LogP contribution < -0.4 is 10.2 Å². The summed E-state index contributed by atoms with van der Waals surface area (Å²) in [5.41, 5.74) is -0.251. The molecule has 1 N–H and O–H groups in total. The second-order valence-corrected chi connectivity index (χ2v) is 5.97. The van der Waals surface area contributed by atoms with Gasteiger partial charge in [-0.3, -0.25) is 4.79 Å². The maximum atomic E-state index is 12.9. The van der Waals surface area contributed by atoms with Crippen molar-refractivity contribution in [2.45, 2.75) is 24.9 Å². The molecule has 1 aromatic heterocycles. The minimum Gasteiger partial charge on any atom is -0.376 e. The van der Waals surface area contributed by atoms with Crippen molar-refractivity contribution < 1.29 is 22.5 Å². The van der Waals surface area contributed by atoms with Gasteiger partial charge in [0.25, 0.3) is 5.91 Å². The molecule has 8 heteroatoms. The molecule has 5 nitrogen and oxygen atoms in total. The van der Waals surface area contributed by atoms with Gasteiger partial charge in [0, 0.05) is 26.1 Å². The number of alkyl halides is 3. The summed E-state index contributed by atoms with van der Waals surface area (Å²) in [6.07, 6.45) is -2.50. The van der Waals surface area contributed by atoms with E-state index in [1.165, 1.54) is 12.1 Å². The van der Waals surface area contributed by atoms with Crippen molar-refractivity contribution in [3.05, 3.63) is 41.3 Å². The van der Waals surface area contributed by atoms with E-state index in [9.17, 15) is 18.0 Å². The Labute approximate surface area is 136 Å². The number of carbonyl (C=O) groups excluding carboxylic acids is 1. The monoisotopic (exact) mass is 339 g/mol. The molecule has 0 atom stereocenters. The van der Waals surface area contributed by atoms with Crippen LogP contribution in [-0.4, -0.2) is 25.2 Å². The second-order valence-electron chi connectivity index (χ2n) is 5.97. The fourth-order valence-corrected chi connectivity index (χ4v) is 2.35. The quantitative estimate of drug-likeness (QED) is 0.918. The number of rotatable bonds is 4. The van der Waals surface area contributed by atoms with Crippen LogP contribution in [0.25, 0.3) is 0 Å². The summed E-state index contributed by atoms with van der Waals surface area (Å²) >= 11 is 0. The highest BCUT2D eigenvalue weighted by molar-refractivity contribution is 6.04. The smallest absolute Gasteiger partial charge is 0.376 e. The fourth-order valence-electron chi connectivity index (χ4n) is 2.35. The normalized spacial score (nSPS) is 14.5. The number of halogens is 3. The number of hydrogen-bond acceptors (Lipinski definition) is 4.